The van der Waals surface area contributed by atoms with E-state index >= 15 is 0 Å². The SMILES string of the molecule is O=[N+]([O-])c1cc(Cl)c(CCCc2c[nH]c3ccccc23)c(Cl)c1. The van der Waals surface area contributed by atoms with Crippen molar-refractivity contribution in [1.82, 2.24) is 4.98 Å². The Morgan fingerprint density at radius 1 is 1.09 bits per heavy atom. The summed E-state index contributed by atoms with van der Waals surface area (Å²) in [7, 11) is 0. The molecule has 0 amide bonds. The second-order valence-corrected chi connectivity index (χ2v) is 6.17. The van der Waals surface area contributed by atoms with Crippen LogP contribution in [0, 0.1) is 10.1 Å². The fraction of sp³-hybridized carbons (Fsp3) is 0.176. The highest BCUT2D eigenvalue weighted by Gasteiger charge is 2.14. The van der Waals surface area contributed by atoms with Gasteiger partial charge in [-0.15, -0.1) is 0 Å². The van der Waals surface area contributed by atoms with E-state index in [0.29, 0.717) is 16.5 Å². The molecule has 0 aliphatic rings. The van der Waals surface area contributed by atoms with Gasteiger partial charge in [0.05, 0.1) is 15.0 Å². The molecule has 0 unspecified atom stereocenters. The summed E-state index contributed by atoms with van der Waals surface area (Å²) in [5.41, 5.74) is 3.04. The quantitative estimate of drug-likeness (QED) is 0.484. The van der Waals surface area contributed by atoms with Crippen LogP contribution < -0.4 is 0 Å². The number of aromatic amines is 1. The molecule has 0 fully saturated rings. The Bertz CT molecular complexity index is 851. The van der Waals surface area contributed by atoms with Crippen LogP contribution in [-0.2, 0) is 12.8 Å². The summed E-state index contributed by atoms with van der Waals surface area (Å²) in [6, 6.07) is 10.9. The van der Waals surface area contributed by atoms with Gasteiger partial charge in [0.2, 0.25) is 0 Å². The topological polar surface area (TPSA) is 58.9 Å². The van der Waals surface area contributed by atoms with E-state index in [-0.39, 0.29) is 5.69 Å². The van der Waals surface area contributed by atoms with E-state index in [0.717, 1.165) is 23.9 Å². The van der Waals surface area contributed by atoms with Crippen LogP contribution in [0.15, 0.2) is 42.6 Å². The molecule has 0 aliphatic heterocycles. The van der Waals surface area contributed by atoms with E-state index in [1.165, 1.54) is 23.1 Å². The Morgan fingerprint density at radius 3 is 2.48 bits per heavy atom. The van der Waals surface area contributed by atoms with Crippen LogP contribution in [0.3, 0.4) is 0 Å². The first-order valence-corrected chi connectivity index (χ1v) is 7.99. The molecular formula is C17H14Cl2N2O2. The lowest BCUT2D eigenvalue weighted by atomic mass is 10.0. The third-order valence-corrected chi connectivity index (χ3v) is 4.56. The van der Waals surface area contributed by atoms with Gasteiger partial charge in [0.25, 0.3) is 5.69 Å². The summed E-state index contributed by atoms with van der Waals surface area (Å²) in [6.07, 6.45) is 4.44. The van der Waals surface area contributed by atoms with Crippen molar-refractivity contribution in [3.63, 3.8) is 0 Å². The van der Waals surface area contributed by atoms with Crippen molar-refractivity contribution < 1.29 is 4.92 Å². The zero-order valence-corrected chi connectivity index (χ0v) is 13.7. The lowest BCUT2D eigenvalue weighted by molar-refractivity contribution is -0.384. The number of fused-ring (bicyclic) bond motifs is 1. The maximum absolute atomic E-state index is 10.8. The Balaban J connectivity index is 1.73. The lowest BCUT2D eigenvalue weighted by Crippen LogP contribution is -1.95. The summed E-state index contributed by atoms with van der Waals surface area (Å²) < 4.78 is 0. The molecule has 0 saturated heterocycles. The van der Waals surface area contributed by atoms with Gasteiger partial charge < -0.3 is 4.98 Å². The van der Waals surface area contributed by atoms with Crippen molar-refractivity contribution in [1.29, 1.82) is 0 Å². The predicted molar refractivity (Wildman–Crippen MR) is 93.4 cm³/mol. The van der Waals surface area contributed by atoms with E-state index in [2.05, 4.69) is 11.1 Å². The van der Waals surface area contributed by atoms with Gasteiger partial charge in [0.15, 0.2) is 0 Å². The molecule has 2 aromatic carbocycles. The highest BCUT2D eigenvalue weighted by atomic mass is 35.5. The van der Waals surface area contributed by atoms with Gasteiger partial charge in [0, 0.05) is 29.2 Å². The number of rotatable bonds is 5. The number of aryl methyl sites for hydroxylation is 1. The molecule has 0 radical (unpaired) electrons. The van der Waals surface area contributed by atoms with Crippen LogP contribution in [0.25, 0.3) is 10.9 Å². The summed E-state index contributed by atoms with van der Waals surface area (Å²) in [5, 5.41) is 12.7. The molecular weight excluding hydrogens is 335 g/mol. The third kappa shape index (κ3) is 3.33. The molecule has 3 rings (SSSR count). The molecule has 6 heteroatoms. The average molecular weight is 349 g/mol. The number of nitrogens with zero attached hydrogens (tertiary/aromatic N) is 1. The minimum absolute atomic E-state index is 0.0830. The zero-order valence-electron chi connectivity index (χ0n) is 12.2. The number of nitro groups is 1. The van der Waals surface area contributed by atoms with Gasteiger partial charge in [0.1, 0.15) is 0 Å². The van der Waals surface area contributed by atoms with Gasteiger partial charge in [-0.05, 0) is 36.5 Å². The maximum Gasteiger partial charge on any atom is 0.272 e. The maximum atomic E-state index is 10.8. The predicted octanol–water partition coefficient (Wildman–Crippen LogP) is 5.56. The number of aromatic nitrogens is 1. The van der Waals surface area contributed by atoms with Crippen molar-refractivity contribution >= 4 is 39.8 Å². The molecule has 1 heterocycles. The number of nitro benzene ring substituents is 1. The van der Waals surface area contributed by atoms with Gasteiger partial charge in [-0.3, -0.25) is 10.1 Å². The van der Waals surface area contributed by atoms with Gasteiger partial charge in [-0.2, -0.15) is 0 Å². The van der Waals surface area contributed by atoms with Crippen molar-refractivity contribution in [2.24, 2.45) is 0 Å². The Hall–Kier alpha value is -2.04. The van der Waals surface area contributed by atoms with Crippen LogP contribution in [0.4, 0.5) is 5.69 Å². The van der Waals surface area contributed by atoms with Crippen LogP contribution in [0.1, 0.15) is 17.5 Å². The highest BCUT2D eigenvalue weighted by molar-refractivity contribution is 6.36. The first kappa shape index (κ1) is 15.8. The second-order valence-electron chi connectivity index (χ2n) is 5.36. The summed E-state index contributed by atoms with van der Waals surface area (Å²) >= 11 is 12.3. The molecule has 0 atom stereocenters. The number of hydrogen-bond donors (Lipinski definition) is 1. The highest BCUT2D eigenvalue weighted by Crippen LogP contribution is 2.31. The normalized spacial score (nSPS) is 11.0. The van der Waals surface area contributed by atoms with E-state index in [9.17, 15) is 10.1 Å². The number of benzene rings is 2. The van der Waals surface area contributed by atoms with Gasteiger partial charge >= 0.3 is 0 Å². The zero-order chi connectivity index (χ0) is 16.4. The van der Waals surface area contributed by atoms with Crippen molar-refractivity contribution in [3.05, 3.63) is 73.9 Å². The minimum Gasteiger partial charge on any atom is -0.361 e. The molecule has 4 nitrogen and oxygen atoms in total. The average Bonchev–Trinajstić information content (AvgIpc) is 2.93. The number of halogens is 2. The van der Waals surface area contributed by atoms with Crippen LogP contribution in [0.5, 0.6) is 0 Å². The molecule has 118 valence electrons. The Morgan fingerprint density at radius 2 is 1.78 bits per heavy atom. The number of hydrogen-bond acceptors (Lipinski definition) is 2. The van der Waals surface area contributed by atoms with Crippen LogP contribution in [0.2, 0.25) is 10.0 Å². The molecule has 0 saturated carbocycles. The van der Waals surface area contributed by atoms with Gasteiger partial charge in [-0.1, -0.05) is 41.4 Å². The lowest BCUT2D eigenvalue weighted by Gasteiger charge is -2.07. The monoisotopic (exact) mass is 348 g/mol. The van der Waals surface area contributed by atoms with Crippen molar-refractivity contribution in [3.8, 4) is 0 Å². The molecule has 0 spiro atoms. The van der Waals surface area contributed by atoms with E-state index < -0.39 is 4.92 Å². The Labute approximate surface area is 143 Å². The smallest absolute Gasteiger partial charge is 0.272 e. The number of non-ortho nitro benzene ring substituents is 1. The van der Waals surface area contributed by atoms with Crippen molar-refractivity contribution in [2.45, 2.75) is 19.3 Å². The first-order valence-electron chi connectivity index (χ1n) is 7.23. The first-order chi connectivity index (χ1) is 11.1. The van der Waals surface area contributed by atoms with Crippen LogP contribution in [-0.4, -0.2) is 9.91 Å². The fourth-order valence-corrected chi connectivity index (χ4v) is 3.39. The standard InChI is InChI=1S/C17H14Cl2N2O2/c18-15-8-12(21(22)23)9-16(19)14(15)6-3-4-11-10-20-17-7-2-1-5-13(11)17/h1-2,5,7-10,20H,3-4,6H2. The Kier molecular flexibility index (Phi) is 4.55. The summed E-state index contributed by atoms with van der Waals surface area (Å²) in [6.45, 7) is 0. The number of para-hydroxylation sites is 1. The fourth-order valence-electron chi connectivity index (χ4n) is 2.73. The molecule has 1 aromatic heterocycles. The second kappa shape index (κ2) is 6.60. The molecule has 1 N–H and O–H groups in total. The van der Waals surface area contributed by atoms with Crippen molar-refractivity contribution in [2.75, 3.05) is 0 Å². The number of nitrogens with one attached hydrogen (secondary N) is 1. The molecule has 3 aromatic rings. The van der Waals surface area contributed by atoms with Crippen LogP contribution >= 0.6 is 23.2 Å². The third-order valence-electron chi connectivity index (χ3n) is 3.88. The van der Waals surface area contributed by atoms with Gasteiger partial charge in [-0.25, -0.2) is 0 Å². The molecule has 0 aliphatic carbocycles. The minimum atomic E-state index is -0.493. The molecule has 23 heavy (non-hydrogen) atoms. The molecule has 0 bridgehead atoms. The summed E-state index contributed by atoms with van der Waals surface area (Å²) in [5.74, 6) is 0. The summed E-state index contributed by atoms with van der Waals surface area (Å²) in [4.78, 5) is 13.6. The number of H-pyrrole nitrogens is 1. The van der Waals surface area contributed by atoms with E-state index in [1.54, 1.807) is 0 Å². The van der Waals surface area contributed by atoms with E-state index in [1.807, 2.05) is 24.4 Å². The largest absolute Gasteiger partial charge is 0.361 e. The van der Waals surface area contributed by atoms with E-state index in [4.69, 9.17) is 23.2 Å².